The van der Waals surface area contributed by atoms with Crippen molar-refractivity contribution in [2.45, 2.75) is 40.5 Å². The molecule has 1 aromatic heterocycles. The van der Waals surface area contributed by atoms with Crippen LogP contribution in [-0.4, -0.2) is 31.7 Å². The normalized spacial score (nSPS) is 13.1. The number of carbonyl (C=O) groups is 2. The molecule has 208 valence electrons. The van der Waals surface area contributed by atoms with Gasteiger partial charge in [0.25, 0.3) is 15.9 Å². The molecule has 8 nitrogen and oxygen atoms in total. The number of sulfonamides is 1. The highest BCUT2D eigenvalue weighted by molar-refractivity contribution is 7.95. The predicted octanol–water partition coefficient (Wildman–Crippen LogP) is 6.38. The molecule has 1 N–H and O–H groups in total. The first-order valence-corrected chi connectivity index (χ1v) is 14.5. The van der Waals surface area contributed by atoms with E-state index in [1.807, 2.05) is 44.5 Å². The molecule has 1 amide bonds. The van der Waals surface area contributed by atoms with Crippen LogP contribution in [0.5, 0.6) is 17.4 Å². The van der Waals surface area contributed by atoms with Crippen LogP contribution in [0, 0.1) is 20.8 Å². The standard InChI is InChI=1S/C30H29ClN2O6S/c1-5-14-38-26-13-10-21(17-23(26)31)24-12-11-22(29(35)33-40(36,37)27-9-7-6-8-25(27)34)30(32-24)39-28-19(3)15-18(2)16-20(28)4/h6-7,9-13,15-17H,5,8,14H2,1-4H3,(H,33,35). The van der Waals surface area contributed by atoms with Crippen molar-refractivity contribution in [3.05, 3.63) is 92.9 Å². The Labute approximate surface area is 238 Å². The summed E-state index contributed by atoms with van der Waals surface area (Å²) < 4.78 is 39.6. The van der Waals surface area contributed by atoms with Crippen LogP contribution in [0.1, 0.15) is 46.8 Å². The lowest BCUT2D eigenvalue weighted by Crippen LogP contribution is -2.34. The molecule has 40 heavy (non-hydrogen) atoms. The van der Waals surface area contributed by atoms with Crippen LogP contribution in [0.3, 0.4) is 0 Å². The predicted molar refractivity (Wildman–Crippen MR) is 154 cm³/mol. The van der Waals surface area contributed by atoms with Crippen LogP contribution in [0.15, 0.2) is 65.6 Å². The third-order valence-electron chi connectivity index (χ3n) is 6.08. The molecule has 0 unspecified atom stereocenters. The first-order chi connectivity index (χ1) is 19.0. The van der Waals surface area contributed by atoms with E-state index in [1.165, 1.54) is 12.1 Å². The van der Waals surface area contributed by atoms with Crippen molar-refractivity contribution < 1.29 is 27.5 Å². The molecule has 0 bridgehead atoms. The van der Waals surface area contributed by atoms with Crippen molar-refractivity contribution in [1.29, 1.82) is 0 Å². The summed E-state index contributed by atoms with van der Waals surface area (Å²) in [6, 6.07) is 12.1. The van der Waals surface area contributed by atoms with Crippen LogP contribution in [-0.2, 0) is 14.8 Å². The Morgan fingerprint density at radius 1 is 1.07 bits per heavy atom. The fourth-order valence-corrected chi connectivity index (χ4v) is 5.60. The van der Waals surface area contributed by atoms with Crippen molar-refractivity contribution in [3.8, 4) is 28.6 Å². The Balaban J connectivity index is 1.76. The molecule has 1 aliphatic carbocycles. The van der Waals surface area contributed by atoms with E-state index >= 15 is 0 Å². The van der Waals surface area contributed by atoms with Gasteiger partial charge in [0.2, 0.25) is 5.88 Å². The van der Waals surface area contributed by atoms with Gasteiger partial charge in [-0.2, -0.15) is 0 Å². The Morgan fingerprint density at radius 2 is 1.80 bits per heavy atom. The van der Waals surface area contributed by atoms with Crippen molar-refractivity contribution >= 4 is 33.3 Å². The Bertz CT molecular complexity index is 1640. The quantitative estimate of drug-likeness (QED) is 0.312. The molecule has 1 aliphatic rings. The average molecular weight is 581 g/mol. The SMILES string of the molecule is CCCOc1ccc(-c2ccc(C(=O)NS(=O)(=O)C3=CC=CCC3=O)c(Oc3c(C)cc(C)cc3C)n2)cc1Cl. The van der Waals surface area contributed by atoms with Gasteiger partial charge in [-0.15, -0.1) is 0 Å². The fraction of sp³-hybridized carbons (Fsp3) is 0.233. The number of nitrogens with zero attached hydrogens (tertiary/aromatic N) is 1. The number of pyridine rings is 1. The van der Waals surface area contributed by atoms with Crippen LogP contribution in [0.4, 0.5) is 0 Å². The van der Waals surface area contributed by atoms with Crippen LogP contribution < -0.4 is 14.2 Å². The highest BCUT2D eigenvalue weighted by Gasteiger charge is 2.29. The number of ether oxygens (including phenoxy) is 2. The van der Waals surface area contributed by atoms with Gasteiger partial charge in [0.15, 0.2) is 5.78 Å². The number of ketones is 1. The lowest BCUT2D eigenvalue weighted by atomic mass is 10.1. The average Bonchev–Trinajstić information content (AvgIpc) is 2.89. The maximum Gasteiger partial charge on any atom is 0.270 e. The molecule has 1 heterocycles. The largest absolute Gasteiger partial charge is 0.492 e. The second kappa shape index (κ2) is 12.1. The molecular formula is C30H29ClN2O6S. The van der Waals surface area contributed by atoms with E-state index in [9.17, 15) is 18.0 Å². The number of carbonyl (C=O) groups excluding carboxylic acids is 2. The number of allylic oxidation sites excluding steroid dienone is 4. The minimum atomic E-state index is -4.43. The lowest BCUT2D eigenvalue weighted by molar-refractivity contribution is -0.114. The van der Waals surface area contributed by atoms with Gasteiger partial charge in [-0.05, 0) is 74.7 Å². The topological polar surface area (TPSA) is 112 Å². The van der Waals surface area contributed by atoms with Gasteiger partial charge in [0.1, 0.15) is 22.0 Å². The first kappa shape index (κ1) is 29.0. The summed E-state index contributed by atoms with van der Waals surface area (Å²) in [5.41, 5.74) is 3.62. The van der Waals surface area contributed by atoms with Crippen molar-refractivity contribution in [1.82, 2.24) is 9.71 Å². The van der Waals surface area contributed by atoms with Gasteiger partial charge < -0.3 is 9.47 Å². The van der Waals surface area contributed by atoms with E-state index in [0.29, 0.717) is 34.4 Å². The summed E-state index contributed by atoms with van der Waals surface area (Å²) in [5.74, 6) is -0.671. The van der Waals surface area contributed by atoms with Crippen LogP contribution in [0.25, 0.3) is 11.3 Å². The summed E-state index contributed by atoms with van der Waals surface area (Å²) in [7, 11) is -4.43. The summed E-state index contributed by atoms with van der Waals surface area (Å²) >= 11 is 6.43. The minimum absolute atomic E-state index is 0.0671. The molecule has 0 radical (unpaired) electrons. The van der Waals surface area contributed by atoms with Crippen molar-refractivity contribution in [2.75, 3.05) is 6.61 Å². The molecule has 4 rings (SSSR count). The molecule has 0 aliphatic heterocycles. The fourth-order valence-electron chi connectivity index (χ4n) is 4.26. The Hall–Kier alpha value is -3.95. The number of aryl methyl sites for hydroxylation is 3. The Kier molecular flexibility index (Phi) is 8.76. The lowest BCUT2D eigenvalue weighted by Gasteiger charge is -2.16. The monoisotopic (exact) mass is 580 g/mol. The molecule has 0 fully saturated rings. The molecule has 2 aromatic carbocycles. The summed E-state index contributed by atoms with van der Waals surface area (Å²) in [6.45, 7) is 8.21. The molecule has 0 atom stereocenters. The zero-order valence-corrected chi connectivity index (χ0v) is 24.2. The second-order valence-electron chi connectivity index (χ2n) is 9.39. The summed E-state index contributed by atoms with van der Waals surface area (Å²) in [4.78, 5) is 29.6. The van der Waals surface area contributed by atoms with E-state index in [-0.39, 0.29) is 17.9 Å². The van der Waals surface area contributed by atoms with Crippen molar-refractivity contribution in [3.63, 3.8) is 0 Å². The number of rotatable bonds is 9. The number of hydrogen-bond acceptors (Lipinski definition) is 7. The maximum atomic E-state index is 13.3. The van der Waals surface area contributed by atoms with Crippen LogP contribution >= 0.6 is 11.6 Å². The van der Waals surface area contributed by atoms with Gasteiger partial charge in [-0.3, -0.25) is 9.59 Å². The maximum absolute atomic E-state index is 13.3. The third kappa shape index (κ3) is 6.43. The van der Waals surface area contributed by atoms with E-state index in [0.717, 1.165) is 29.2 Å². The highest BCUT2D eigenvalue weighted by Crippen LogP contribution is 2.34. The minimum Gasteiger partial charge on any atom is -0.492 e. The van der Waals surface area contributed by atoms with Gasteiger partial charge in [0, 0.05) is 12.0 Å². The van der Waals surface area contributed by atoms with Gasteiger partial charge in [-0.1, -0.05) is 48.4 Å². The number of aromatic nitrogens is 1. The Morgan fingerprint density at radius 3 is 2.45 bits per heavy atom. The summed E-state index contributed by atoms with van der Waals surface area (Å²) in [5, 5.41) is 0.396. The van der Waals surface area contributed by atoms with E-state index in [1.54, 1.807) is 30.3 Å². The number of Topliss-reactive ketones (excluding diaryl/α,β-unsaturated/α-hetero) is 1. The highest BCUT2D eigenvalue weighted by atomic mass is 35.5. The molecule has 0 spiro atoms. The number of nitrogens with one attached hydrogen (secondary N) is 1. The molecule has 0 saturated carbocycles. The molecule has 0 saturated heterocycles. The van der Waals surface area contributed by atoms with E-state index in [4.69, 9.17) is 21.1 Å². The van der Waals surface area contributed by atoms with Gasteiger partial charge >= 0.3 is 0 Å². The van der Waals surface area contributed by atoms with Crippen LogP contribution in [0.2, 0.25) is 5.02 Å². The molecule has 3 aromatic rings. The van der Waals surface area contributed by atoms with Gasteiger partial charge in [-0.25, -0.2) is 18.1 Å². The smallest absolute Gasteiger partial charge is 0.270 e. The van der Waals surface area contributed by atoms with Crippen molar-refractivity contribution in [2.24, 2.45) is 0 Å². The molecule has 10 heteroatoms. The number of halogens is 1. The number of benzene rings is 2. The second-order valence-corrected chi connectivity index (χ2v) is 11.5. The number of amides is 1. The zero-order chi connectivity index (χ0) is 29.0. The zero-order valence-electron chi connectivity index (χ0n) is 22.6. The first-order valence-electron chi connectivity index (χ1n) is 12.7. The van der Waals surface area contributed by atoms with Gasteiger partial charge in [0.05, 0.1) is 17.3 Å². The third-order valence-corrected chi connectivity index (χ3v) is 7.77. The molecular weight excluding hydrogens is 552 g/mol. The van der Waals surface area contributed by atoms with E-state index in [2.05, 4.69) is 4.98 Å². The number of hydrogen-bond donors (Lipinski definition) is 1. The van der Waals surface area contributed by atoms with E-state index < -0.39 is 26.6 Å². The summed E-state index contributed by atoms with van der Waals surface area (Å²) in [6.07, 6.45) is 4.93.